The lowest BCUT2D eigenvalue weighted by Crippen LogP contribution is -2.37. The minimum Gasteiger partial charge on any atom is -0.328 e. The highest BCUT2D eigenvalue weighted by Crippen LogP contribution is 2.20. The molecule has 1 aliphatic rings. The zero-order chi connectivity index (χ0) is 12.5. The molecule has 1 aliphatic carbocycles. The van der Waals surface area contributed by atoms with Gasteiger partial charge in [-0.1, -0.05) is 0 Å². The van der Waals surface area contributed by atoms with Gasteiger partial charge in [0.05, 0.1) is 12.1 Å². The summed E-state index contributed by atoms with van der Waals surface area (Å²) in [5, 5.41) is 6.79. The Balaban J connectivity index is 1.83. The van der Waals surface area contributed by atoms with Gasteiger partial charge in [0.2, 0.25) is 5.82 Å². The Morgan fingerprint density at radius 2 is 2.17 bits per heavy atom. The maximum Gasteiger partial charge on any atom is 0.286 e. The average Bonchev–Trinajstić information content (AvgIpc) is 2.80. The molecule has 0 atom stereocenters. The molecule has 1 saturated carbocycles. The zero-order valence-electron chi connectivity index (χ0n) is 10.7. The third kappa shape index (κ3) is 2.18. The number of H-pyrrole nitrogens is 1. The van der Waals surface area contributed by atoms with E-state index in [1.807, 2.05) is 23.7 Å². The molecule has 0 amide bonds. The molecule has 0 bridgehead atoms. The first kappa shape index (κ1) is 11.5. The van der Waals surface area contributed by atoms with Crippen molar-refractivity contribution < 1.29 is 4.52 Å². The Hall–Kier alpha value is -1.62. The normalized spacial score (nSPS) is 24.3. The van der Waals surface area contributed by atoms with Gasteiger partial charge in [-0.3, -0.25) is 5.10 Å². The number of nitrogens with two attached hydrogens (primary N) is 1. The second-order valence-corrected chi connectivity index (χ2v) is 5.19. The van der Waals surface area contributed by atoms with Crippen LogP contribution in [0.25, 0.3) is 5.65 Å². The molecule has 2 aromatic rings. The molecule has 1 fully saturated rings. The highest BCUT2D eigenvalue weighted by Gasteiger charge is 2.22. The van der Waals surface area contributed by atoms with E-state index in [0.717, 1.165) is 42.8 Å². The van der Waals surface area contributed by atoms with Crippen LogP contribution >= 0.6 is 0 Å². The Morgan fingerprint density at radius 3 is 2.94 bits per heavy atom. The maximum atomic E-state index is 5.94. The van der Waals surface area contributed by atoms with Crippen LogP contribution in [0.2, 0.25) is 0 Å². The summed E-state index contributed by atoms with van der Waals surface area (Å²) in [5.41, 5.74) is 7.92. The van der Waals surface area contributed by atoms with E-state index in [0.29, 0.717) is 12.1 Å². The summed E-state index contributed by atoms with van der Waals surface area (Å²) in [7, 11) is 0. The number of nitrogens with zero attached hydrogens (tertiary/aromatic N) is 2. The molecule has 3 rings (SSSR count). The van der Waals surface area contributed by atoms with Crippen LogP contribution in [0, 0.1) is 6.92 Å². The molecule has 0 unspecified atom stereocenters. The van der Waals surface area contributed by atoms with Gasteiger partial charge in [-0.2, -0.15) is 0 Å². The largest absolute Gasteiger partial charge is 0.328 e. The molecule has 4 N–H and O–H groups in total. The lowest BCUT2D eigenvalue weighted by molar-refractivity contribution is -0.564. The number of aryl methyl sites for hydroxylation is 1. The Bertz CT molecular complexity index is 539. The van der Waals surface area contributed by atoms with E-state index in [4.69, 9.17) is 5.73 Å². The van der Waals surface area contributed by atoms with E-state index in [9.17, 15) is 0 Å². The van der Waals surface area contributed by atoms with Crippen LogP contribution in [-0.2, 0) is 0 Å². The van der Waals surface area contributed by atoms with Gasteiger partial charge in [0.1, 0.15) is 5.69 Å². The van der Waals surface area contributed by atoms with Crippen molar-refractivity contribution in [2.75, 3.05) is 5.32 Å². The quantitative estimate of drug-likeness (QED) is 0.696. The van der Waals surface area contributed by atoms with Crippen molar-refractivity contribution in [3.05, 3.63) is 24.0 Å². The van der Waals surface area contributed by atoms with Crippen LogP contribution in [0.4, 0.5) is 5.82 Å². The molecule has 0 spiro atoms. The minimum atomic E-state index is 0.389. The van der Waals surface area contributed by atoms with E-state index < -0.39 is 0 Å². The molecule has 96 valence electrons. The lowest BCUT2D eigenvalue weighted by Gasteiger charge is -2.24. The summed E-state index contributed by atoms with van der Waals surface area (Å²) >= 11 is 0. The monoisotopic (exact) mass is 246 g/mol. The van der Waals surface area contributed by atoms with Crippen LogP contribution in [0.5, 0.6) is 0 Å². The molecule has 0 saturated heterocycles. The summed E-state index contributed by atoms with van der Waals surface area (Å²) in [4.78, 5) is 4.47. The maximum absolute atomic E-state index is 5.94. The van der Waals surface area contributed by atoms with Crippen molar-refractivity contribution in [3.8, 4) is 0 Å². The van der Waals surface area contributed by atoms with Crippen molar-refractivity contribution in [3.63, 3.8) is 0 Å². The molecule has 0 aromatic carbocycles. The number of aromatic amines is 1. The van der Waals surface area contributed by atoms with Gasteiger partial charge >= 0.3 is 0 Å². The summed E-state index contributed by atoms with van der Waals surface area (Å²) in [6, 6.07) is 4.97. The minimum absolute atomic E-state index is 0.389. The summed E-state index contributed by atoms with van der Waals surface area (Å²) in [5.74, 6) is 1.09. The third-order valence-electron chi connectivity index (χ3n) is 3.67. The average molecular weight is 246 g/mol. The van der Waals surface area contributed by atoms with Crippen molar-refractivity contribution in [1.82, 2.24) is 10.1 Å². The first-order valence-electron chi connectivity index (χ1n) is 6.61. The van der Waals surface area contributed by atoms with E-state index in [1.54, 1.807) is 0 Å². The SMILES string of the molecule is Cc1cc(NC2CCC(N)CC2)[n+]2[nH]ccc2n1. The number of aromatic nitrogens is 3. The fraction of sp³-hybridized carbons (Fsp3) is 0.538. The van der Waals surface area contributed by atoms with E-state index in [2.05, 4.69) is 21.5 Å². The predicted octanol–water partition coefficient (Wildman–Crippen LogP) is 1.14. The van der Waals surface area contributed by atoms with E-state index >= 15 is 0 Å². The summed E-state index contributed by atoms with van der Waals surface area (Å²) in [6.07, 6.45) is 6.42. The standard InChI is InChI=1S/C13H19N5/c1-9-8-13(18-12(16-9)6-7-15-18)17-11-4-2-10(14)3-5-11/h6-8,10-11H,2-5,14H2,1H3,(H,15,16,17)/p+1. The van der Waals surface area contributed by atoms with Crippen LogP contribution in [-0.4, -0.2) is 22.2 Å². The van der Waals surface area contributed by atoms with Gasteiger partial charge in [-0.25, -0.2) is 0 Å². The molecule has 2 heterocycles. The zero-order valence-corrected chi connectivity index (χ0v) is 10.7. The van der Waals surface area contributed by atoms with Crippen molar-refractivity contribution >= 4 is 11.5 Å². The first-order valence-corrected chi connectivity index (χ1v) is 6.61. The van der Waals surface area contributed by atoms with Crippen molar-refractivity contribution in [2.24, 2.45) is 5.73 Å². The second-order valence-electron chi connectivity index (χ2n) is 5.19. The van der Waals surface area contributed by atoms with Gasteiger partial charge in [0.15, 0.2) is 0 Å². The van der Waals surface area contributed by atoms with Crippen LogP contribution in [0.15, 0.2) is 18.3 Å². The van der Waals surface area contributed by atoms with Crippen molar-refractivity contribution in [2.45, 2.75) is 44.7 Å². The van der Waals surface area contributed by atoms with Gasteiger partial charge in [-0.15, -0.1) is 9.50 Å². The van der Waals surface area contributed by atoms with E-state index in [1.165, 1.54) is 0 Å². The third-order valence-corrected chi connectivity index (χ3v) is 3.67. The molecular weight excluding hydrogens is 226 g/mol. The highest BCUT2D eigenvalue weighted by molar-refractivity contribution is 5.38. The molecule has 18 heavy (non-hydrogen) atoms. The molecule has 0 aliphatic heterocycles. The predicted molar refractivity (Wildman–Crippen MR) is 70.3 cm³/mol. The second kappa shape index (κ2) is 4.57. The number of hydrogen-bond donors (Lipinski definition) is 3. The fourth-order valence-corrected chi connectivity index (χ4v) is 2.66. The molecule has 5 nitrogen and oxygen atoms in total. The first-order chi connectivity index (χ1) is 8.72. The summed E-state index contributed by atoms with van der Waals surface area (Å²) < 4.78 is 1.99. The topological polar surface area (TPSA) is 70.8 Å². The highest BCUT2D eigenvalue weighted by atomic mass is 15.3. The van der Waals surface area contributed by atoms with Crippen LogP contribution in [0.3, 0.4) is 0 Å². The van der Waals surface area contributed by atoms with Crippen LogP contribution in [0.1, 0.15) is 31.4 Å². The Morgan fingerprint density at radius 1 is 1.39 bits per heavy atom. The molecular formula is C13H20N5+. The summed E-state index contributed by atoms with van der Waals surface area (Å²) in [6.45, 7) is 2.02. The van der Waals surface area contributed by atoms with Gasteiger partial charge < -0.3 is 11.1 Å². The van der Waals surface area contributed by atoms with Gasteiger partial charge in [-0.05, 0) is 32.6 Å². The smallest absolute Gasteiger partial charge is 0.286 e. The number of rotatable bonds is 2. The molecule has 5 heteroatoms. The van der Waals surface area contributed by atoms with Gasteiger partial charge in [0.25, 0.3) is 5.65 Å². The fourth-order valence-electron chi connectivity index (χ4n) is 2.66. The number of hydrogen-bond acceptors (Lipinski definition) is 3. The number of fused-ring (bicyclic) bond motifs is 1. The Kier molecular flexibility index (Phi) is 2.91. The van der Waals surface area contributed by atoms with Crippen molar-refractivity contribution in [1.29, 1.82) is 0 Å². The Labute approximate surface area is 106 Å². The van der Waals surface area contributed by atoms with E-state index in [-0.39, 0.29) is 0 Å². The number of anilines is 1. The van der Waals surface area contributed by atoms with Gasteiger partial charge in [0, 0.05) is 18.3 Å². The molecule has 2 aromatic heterocycles. The lowest BCUT2D eigenvalue weighted by atomic mass is 9.92. The van der Waals surface area contributed by atoms with Crippen LogP contribution < -0.4 is 15.6 Å². The number of nitrogens with one attached hydrogen (secondary N) is 2. The molecule has 0 radical (unpaired) electrons.